The average Bonchev–Trinajstić information content (AvgIpc) is 3.27. The second kappa shape index (κ2) is 10.4. The maximum Gasteiger partial charge on any atom is 0.340 e. The van der Waals surface area contributed by atoms with Crippen LogP contribution in [-0.4, -0.2) is 31.4 Å². The van der Waals surface area contributed by atoms with Crippen LogP contribution in [-0.2, 0) is 21.3 Å². The molecule has 1 aromatic heterocycles. The number of aryl methyl sites for hydroxylation is 1. The Morgan fingerprint density at radius 2 is 1.65 bits per heavy atom. The van der Waals surface area contributed by atoms with Crippen LogP contribution < -0.4 is 10.9 Å². The Balaban J connectivity index is 1.73. The van der Waals surface area contributed by atoms with Gasteiger partial charge in [0.15, 0.2) is 0 Å². The lowest BCUT2D eigenvalue weighted by Gasteiger charge is -2.10. The standard InChI is InChI=1S/C28H28N4O4S/c1-3-36-28(33)25-17-32(15-19-5-4-6-22(14-19)27(29)30)16-24(25)21-10-8-20(9-11-21)23-13-18(2)7-12-26(23)37(31,34)35/h4-14,16-17H,3,15H2,1-2H3,(H3,29,30)(H2,31,34,35). The fourth-order valence-corrected chi connectivity index (χ4v) is 4.94. The minimum Gasteiger partial charge on any atom is -0.462 e. The third-order valence-electron chi connectivity index (χ3n) is 5.93. The van der Waals surface area contributed by atoms with E-state index in [0.29, 0.717) is 34.4 Å². The van der Waals surface area contributed by atoms with Crippen molar-refractivity contribution in [1.82, 2.24) is 4.57 Å². The quantitative estimate of drug-likeness (QED) is 0.182. The van der Waals surface area contributed by atoms with Crippen molar-refractivity contribution in [1.29, 1.82) is 5.41 Å². The van der Waals surface area contributed by atoms with E-state index in [0.717, 1.165) is 16.7 Å². The van der Waals surface area contributed by atoms with Crippen LogP contribution in [0.5, 0.6) is 0 Å². The second-order valence-corrected chi connectivity index (χ2v) is 10.2. The van der Waals surface area contributed by atoms with Crippen molar-refractivity contribution < 1.29 is 17.9 Å². The number of sulfonamides is 1. The summed E-state index contributed by atoms with van der Waals surface area (Å²) in [6, 6.07) is 19.7. The van der Waals surface area contributed by atoms with Crippen LogP contribution in [0.4, 0.5) is 0 Å². The molecule has 9 heteroatoms. The van der Waals surface area contributed by atoms with E-state index in [1.807, 2.05) is 48.0 Å². The number of esters is 1. The number of amidine groups is 1. The largest absolute Gasteiger partial charge is 0.462 e. The SMILES string of the molecule is CCOC(=O)c1cn(Cc2cccc(C(=N)N)c2)cc1-c1ccc(-c2cc(C)ccc2S(N)(=O)=O)cc1. The molecule has 0 unspecified atom stereocenters. The molecule has 0 aliphatic heterocycles. The highest BCUT2D eigenvalue weighted by Gasteiger charge is 2.19. The molecule has 0 bridgehead atoms. The Bertz CT molecular complexity index is 1590. The van der Waals surface area contributed by atoms with E-state index in [1.54, 1.807) is 43.5 Å². The number of benzene rings is 3. The first-order chi connectivity index (χ1) is 17.6. The number of primary sulfonamides is 1. The number of hydrogen-bond donors (Lipinski definition) is 3. The summed E-state index contributed by atoms with van der Waals surface area (Å²) < 4.78 is 31.4. The minimum absolute atomic E-state index is 0.0125. The molecule has 0 spiro atoms. The van der Waals surface area contributed by atoms with Crippen LogP contribution in [0.15, 0.2) is 84.0 Å². The Hall–Kier alpha value is -4.21. The summed E-state index contributed by atoms with van der Waals surface area (Å²) in [5.74, 6) is -0.449. The molecule has 0 aliphatic rings. The van der Waals surface area contributed by atoms with E-state index >= 15 is 0 Å². The lowest BCUT2D eigenvalue weighted by molar-refractivity contribution is 0.0527. The molecule has 8 nitrogen and oxygen atoms in total. The molecule has 0 fully saturated rings. The number of aromatic nitrogens is 1. The first-order valence-electron chi connectivity index (χ1n) is 11.6. The maximum atomic E-state index is 12.8. The first-order valence-corrected chi connectivity index (χ1v) is 13.2. The molecule has 190 valence electrons. The molecule has 0 saturated heterocycles. The van der Waals surface area contributed by atoms with Crippen LogP contribution in [0.25, 0.3) is 22.3 Å². The topological polar surface area (TPSA) is 141 Å². The van der Waals surface area contributed by atoms with Crippen LogP contribution in [0.1, 0.15) is 34.0 Å². The number of hydrogen-bond acceptors (Lipinski definition) is 5. The van der Waals surface area contributed by atoms with E-state index in [1.165, 1.54) is 6.07 Å². The van der Waals surface area contributed by atoms with Crippen molar-refractivity contribution in [3.63, 3.8) is 0 Å². The summed E-state index contributed by atoms with van der Waals surface area (Å²) in [7, 11) is -3.91. The molecule has 4 rings (SSSR count). The van der Waals surface area contributed by atoms with Crippen molar-refractivity contribution in [2.24, 2.45) is 10.9 Å². The number of nitrogens with one attached hydrogen (secondary N) is 1. The number of carbonyl (C=O) groups excluding carboxylic acids is 1. The first kappa shape index (κ1) is 25.9. The second-order valence-electron chi connectivity index (χ2n) is 8.71. The highest BCUT2D eigenvalue weighted by Crippen LogP contribution is 2.32. The van der Waals surface area contributed by atoms with E-state index in [4.69, 9.17) is 21.0 Å². The van der Waals surface area contributed by atoms with Gasteiger partial charge in [0.2, 0.25) is 10.0 Å². The number of carbonyl (C=O) groups is 1. The number of rotatable bonds is 8. The Labute approximate surface area is 216 Å². The van der Waals surface area contributed by atoms with Gasteiger partial charge in [0.1, 0.15) is 5.84 Å². The van der Waals surface area contributed by atoms with E-state index < -0.39 is 16.0 Å². The fraction of sp³-hybridized carbons (Fsp3) is 0.143. The third-order valence-corrected chi connectivity index (χ3v) is 6.90. The zero-order valence-corrected chi connectivity index (χ0v) is 21.4. The normalized spacial score (nSPS) is 11.3. The highest BCUT2D eigenvalue weighted by atomic mass is 32.2. The zero-order valence-electron chi connectivity index (χ0n) is 20.6. The van der Waals surface area contributed by atoms with Crippen molar-refractivity contribution >= 4 is 21.8 Å². The van der Waals surface area contributed by atoms with E-state index in [2.05, 4.69) is 0 Å². The summed E-state index contributed by atoms with van der Waals surface area (Å²) in [4.78, 5) is 12.8. The lowest BCUT2D eigenvalue weighted by Crippen LogP contribution is -2.13. The van der Waals surface area contributed by atoms with Gasteiger partial charge in [-0.3, -0.25) is 5.41 Å². The summed E-state index contributed by atoms with van der Waals surface area (Å²) >= 11 is 0. The smallest absolute Gasteiger partial charge is 0.340 e. The molecular weight excluding hydrogens is 488 g/mol. The Morgan fingerprint density at radius 1 is 0.973 bits per heavy atom. The third kappa shape index (κ3) is 5.79. The van der Waals surface area contributed by atoms with Gasteiger partial charge in [-0.05, 0) is 42.7 Å². The van der Waals surface area contributed by atoms with Gasteiger partial charge in [0, 0.05) is 35.6 Å². The number of ether oxygens (including phenoxy) is 1. The summed E-state index contributed by atoms with van der Waals surface area (Å²) in [5.41, 5.74) is 11.2. The van der Waals surface area contributed by atoms with E-state index in [9.17, 15) is 13.2 Å². The highest BCUT2D eigenvalue weighted by molar-refractivity contribution is 7.89. The maximum absolute atomic E-state index is 12.8. The van der Waals surface area contributed by atoms with Gasteiger partial charge in [-0.25, -0.2) is 18.4 Å². The molecule has 1 heterocycles. The van der Waals surface area contributed by atoms with Gasteiger partial charge >= 0.3 is 5.97 Å². The van der Waals surface area contributed by atoms with Crippen LogP contribution >= 0.6 is 0 Å². The minimum atomic E-state index is -3.91. The molecule has 0 atom stereocenters. The zero-order chi connectivity index (χ0) is 26.7. The van der Waals surface area contributed by atoms with Gasteiger partial charge < -0.3 is 15.0 Å². The van der Waals surface area contributed by atoms with Crippen molar-refractivity contribution in [3.8, 4) is 22.3 Å². The Morgan fingerprint density at radius 3 is 2.27 bits per heavy atom. The molecule has 3 aromatic carbocycles. The molecule has 0 aliphatic carbocycles. The van der Waals surface area contributed by atoms with Crippen molar-refractivity contribution in [3.05, 3.63) is 101 Å². The molecule has 37 heavy (non-hydrogen) atoms. The van der Waals surface area contributed by atoms with Crippen molar-refractivity contribution in [2.75, 3.05) is 6.61 Å². The molecule has 5 N–H and O–H groups in total. The van der Waals surface area contributed by atoms with Gasteiger partial charge in [0.25, 0.3) is 0 Å². The summed E-state index contributed by atoms with van der Waals surface area (Å²) in [6.07, 6.45) is 3.60. The monoisotopic (exact) mass is 516 g/mol. The number of nitrogen functional groups attached to an aromatic ring is 1. The summed E-state index contributed by atoms with van der Waals surface area (Å²) in [6.45, 7) is 4.34. The van der Waals surface area contributed by atoms with Gasteiger partial charge in [-0.15, -0.1) is 0 Å². The van der Waals surface area contributed by atoms with Crippen LogP contribution in [0.2, 0.25) is 0 Å². The molecule has 0 saturated carbocycles. The number of nitrogens with two attached hydrogens (primary N) is 2. The average molecular weight is 517 g/mol. The molecule has 0 amide bonds. The predicted octanol–water partition coefficient (Wildman–Crippen LogP) is 4.29. The molecule has 4 aromatic rings. The van der Waals surface area contributed by atoms with Crippen LogP contribution in [0, 0.1) is 12.3 Å². The van der Waals surface area contributed by atoms with Gasteiger partial charge in [0.05, 0.1) is 17.1 Å². The van der Waals surface area contributed by atoms with Gasteiger partial charge in [-0.1, -0.05) is 60.2 Å². The Kier molecular flexibility index (Phi) is 7.28. The summed E-state index contributed by atoms with van der Waals surface area (Å²) in [5, 5.41) is 13.1. The van der Waals surface area contributed by atoms with Crippen molar-refractivity contribution in [2.45, 2.75) is 25.3 Å². The lowest BCUT2D eigenvalue weighted by atomic mass is 9.99. The predicted molar refractivity (Wildman–Crippen MR) is 144 cm³/mol. The fourth-order valence-electron chi connectivity index (χ4n) is 4.20. The number of nitrogens with zero attached hydrogens (tertiary/aromatic N) is 1. The van der Waals surface area contributed by atoms with Crippen LogP contribution in [0.3, 0.4) is 0 Å². The van der Waals surface area contributed by atoms with E-state index in [-0.39, 0.29) is 17.3 Å². The molecule has 0 radical (unpaired) electrons. The molecular formula is C28H28N4O4S. The van der Waals surface area contributed by atoms with Gasteiger partial charge in [-0.2, -0.15) is 0 Å².